The van der Waals surface area contributed by atoms with Gasteiger partial charge in [0, 0.05) is 17.8 Å². The first-order valence-electron chi connectivity index (χ1n) is 4.57. The molecule has 2 rings (SSSR count). The molecule has 1 N–H and O–H groups in total. The van der Waals surface area contributed by atoms with Gasteiger partial charge in [-0.2, -0.15) is 5.10 Å². The third kappa shape index (κ3) is 2.11. The van der Waals surface area contributed by atoms with E-state index in [0.29, 0.717) is 0 Å². The zero-order valence-corrected chi connectivity index (χ0v) is 9.14. The largest absolute Gasteiger partial charge is 0.391 e. The van der Waals surface area contributed by atoms with Crippen molar-refractivity contribution in [3.05, 3.63) is 35.0 Å². The molecule has 8 heteroatoms. The highest BCUT2D eigenvalue weighted by Crippen LogP contribution is 2.29. The molecule has 0 aliphatic carbocycles. The van der Waals surface area contributed by atoms with Gasteiger partial charge in [0.2, 0.25) is 0 Å². The Morgan fingerprint density at radius 1 is 1.47 bits per heavy atom. The molecule has 0 saturated carbocycles. The van der Waals surface area contributed by atoms with Gasteiger partial charge in [0.05, 0.1) is 6.61 Å². The molecule has 90 valence electrons. The van der Waals surface area contributed by atoms with Gasteiger partial charge in [-0.1, -0.05) is 11.6 Å². The van der Waals surface area contributed by atoms with Gasteiger partial charge in [-0.25, -0.2) is 23.4 Å². The number of hydrogen-bond acceptors (Lipinski definition) is 4. The Kier molecular flexibility index (Phi) is 3.30. The molecule has 0 aliphatic rings. The van der Waals surface area contributed by atoms with Gasteiger partial charge in [-0.3, -0.25) is 0 Å². The molecular formula is C9H7ClF2N4O. The fourth-order valence-electron chi connectivity index (χ4n) is 1.33. The van der Waals surface area contributed by atoms with Crippen molar-refractivity contribution in [2.45, 2.75) is 13.0 Å². The molecule has 0 saturated heterocycles. The number of aliphatic hydroxyl groups is 1. The van der Waals surface area contributed by atoms with Gasteiger partial charge in [0.25, 0.3) is 6.43 Å². The van der Waals surface area contributed by atoms with E-state index in [1.807, 2.05) is 0 Å². The maximum atomic E-state index is 12.6. The zero-order valence-electron chi connectivity index (χ0n) is 8.39. The molecule has 2 heterocycles. The van der Waals surface area contributed by atoms with Crippen molar-refractivity contribution < 1.29 is 13.9 Å². The Morgan fingerprint density at radius 3 is 2.71 bits per heavy atom. The second-order valence-corrected chi connectivity index (χ2v) is 3.45. The minimum atomic E-state index is -2.81. The molecule has 2 aromatic rings. The number of halogens is 3. The third-order valence-corrected chi connectivity index (χ3v) is 2.49. The van der Waals surface area contributed by atoms with Gasteiger partial charge in [0.1, 0.15) is 17.2 Å². The lowest BCUT2D eigenvalue weighted by atomic mass is 10.3. The Labute approximate surface area is 99.7 Å². The maximum absolute atomic E-state index is 12.6. The van der Waals surface area contributed by atoms with Gasteiger partial charge in [0.15, 0.2) is 5.82 Å². The summed E-state index contributed by atoms with van der Waals surface area (Å²) < 4.78 is 26.3. The molecule has 0 aliphatic heterocycles. The molecule has 17 heavy (non-hydrogen) atoms. The summed E-state index contributed by atoms with van der Waals surface area (Å²) in [5.41, 5.74) is -0.642. The van der Waals surface area contributed by atoms with Crippen molar-refractivity contribution in [2.75, 3.05) is 0 Å². The van der Waals surface area contributed by atoms with Crippen LogP contribution in [-0.4, -0.2) is 24.9 Å². The van der Waals surface area contributed by atoms with E-state index in [4.69, 9.17) is 16.7 Å². The summed E-state index contributed by atoms with van der Waals surface area (Å²) in [4.78, 5) is 7.53. The van der Waals surface area contributed by atoms with Crippen LogP contribution in [0.3, 0.4) is 0 Å². The van der Waals surface area contributed by atoms with E-state index >= 15 is 0 Å². The molecule has 0 fully saturated rings. The second kappa shape index (κ2) is 4.72. The summed E-state index contributed by atoms with van der Waals surface area (Å²) in [6.07, 6.45) is -0.132. The van der Waals surface area contributed by atoms with Crippen molar-refractivity contribution >= 4 is 11.6 Å². The molecule has 0 aromatic carbocycles. The molecule has 0 atom stereocenters. The van der Waals surface area contributed by atoms with Crippen LogP contribution in [0.1, 0.15) is 17.7 Å². The Bertz CT molecular complexity index is 517. The van der Waals surface area contributed by atoms with Crippen molar-refractivity contribution in [3.63, 3.8) is 0 Å². The van der Waals surface area contributed by atoms with E-state index in [0.717, 1.165) is 4.68 Å². The maximum Gasteiger partial charge on any atom is 0.282 e. The number of rotatable bonds is 3. The average Bonchev–Trinajstić information content (AvgIpc) is 2.67. The second-order valence-electron chi connectivity index (χ2n) is 3.09. The van der Waals surface area contributed by atoms with Crippen molar-refractivity contribution in [1.29, 1.82) is 0 Å². The summed E-state index contributed by atoms with van der Waals surface area (Å²) in [6.45, 7) is -0.608. The molecular weight excluding hydrogens is 254 g/mol. The lowest BCUT2D eigenvalue weighted by Gasteiger charge is -2.00. The average molecular weight is 261 g/mol. The first-order chi connectivity index (χ1) is 8.15. The molecule has 0 amide bonds. The first kappa shape index (κ1) is 11.9. The number of nitrogens with zero attached hydrogens (tertiary/aromatic N) is 4. The number of aromatic nitrogens is 4. The van der Waals surface area contributed by atoms with Gasteiger partial charge in [-0.05, 0) is 0 Å². The standard InChI is InChI=1S/C9H7ClF2N4O/c10-8-5(3-17)7(9(11)12)15-16(8)6-1-2-13-4-14-6/h1-2,4,9,17H,3H2. The fourth-order valence-corrected chi connectivity index (χ4v) is 1.61. The van der Waals surface area contributed by atoms with Crippen LogP contribution in [-0.2, 0) is 6.61 Å². The molecule has 0 unspecified atom stereocenters. The molecule has 0 spiro atoms. The van der Waals surface area contributed by atoms with Crippen molar-refractivity contribution in [2.24, 2.45) is 0 Å². The normalized spacial score (nSPS) is 11.1. The molecule has 2 aromatic heterocycles. The summed E-state index contributed by atoms with van der Waals surface area (Å²) in [5, 5.41) is 12.6. The predicted molar refractivity (Wildman–Crippen MR) is 55.0 cm³/mol. The number of alkyl halides is 2. The van der Waals surface area contributed by atoms with Crippen LogP contribution in [0.4, 0.5) is 8.78 Å². The Morgan fingerprint density at radius 2 is 2.24 bits per heavy atom. The van der Waals surface area contributed by atoms with Crippen LogP contribution >= 0.6 is 11.6 Å². The van der Waals surface area contributed by atoms with Crippen LogP contribution in [0, 0.1) is 0 Å². The SMILES string of the molecule is OCc1c(C(F)F)nn(-c2ccncn2)c1Cl. The monoisotopic (exact) mass is 260 g/mol. The van der Waals surface area contributed by atoms with Crippen molar-refractivity contribution in [3.8, 4) is 5.82 Å². The van der Waals surface area contributed by atoms with Crippen LogP contribution < -0.4 is 0 Å². The first-order valence-corrected chi connectivity index (χ1v) is 4.95. The van der Waals surface area contributed by atoms with Crippen LogP contribution in [0.5, 0.6) is 0 Å². The van der Waals surface area contributed by atoms with E-state index in [1.54, 1.807) is 0 Å². The minimum Gasteiger partial charge on any atom is -0.391 e. The van der Waals surface area contributed by atoms with Crippen LogP contribution in [0.15, 0.2) is 18.6 Å². The zero-order chi connectivity index (χ0) is 12.4. The van der Waals surface area contributed by atoms with Gasteiger partial charge >= 0.3 is 0 Å². The lowest BCUT2D eigenvalue weighted by Crippen LogP contribution is -2.00. The van der Waals surface area contributed by atoms with Crippen LogP contribution in [0.2, 0.25) is 5.15 Å². The highest BCUT2D eigenvalue weighted by molar-refractivity contribution is 6.30. The molecule has 5 nitrogen and oxygen atoms in total. The highest BCUT2D eigenvalue weighted by atomic mass is 35.5. The topological polar surface area (TPSA) is 63.8 Å². The highest BCUT2D eigenvalue weighted by Gasteiger charge is 2.23. The van der Waals surface area contributed by atoms with Gasteiger partial charge in [-0.15, -0.1) is 0 Å². The number of hydrogen-bond donors (Lipinski definition) is 1. The number of aliphatic hydroxyl groups excluding tert-OH is 1. The van der Waals surface area contributed by atoms with Crippen LogP contribution in [0.25, 0.3) is 5.82 Å². The Balaban J connectivity index is 2.57. The smallest absolute Gasteiger partial charge is 0.282 e. The van der Waals surface area contributed by atoms with E-state index in [1.165, 1.54) is 18.6 Å². The summed E-state index contributed by atoms with van der Waals surface area (Å²) in [6, 6.07) is 1.47. The molecule has 0 bridgehead atoms. The third-order valence-electron chi connectivity index (χ3n) is 2.10. The van der Waals surface area contributed by atoms with E-state index in [9.17, 15) is 8.78 Å². The summed E-state index contributed by atoms with van der Waals surface area (Å²) in [5.74, 6) is 0.256. The fraction of sp³-hybridized carbons (Fsp3) is 0.222. The summed E-state index contributed by atoms with van der Waals surface area (Å²) >= 11 is 5.85. The van der Waals surface area contributed by atoms with E-state index < -0.39 is 18.7 Å². The lowest BCUT2D eigenvalue weighted by molar-refractivity contribution is 0.141. The molecule has 0 radical (unpaired) electrons. The summed E-state index contributed by atoms with van der Waals surface area (Å²) in [7, 11) is 0. The quantitative estimate of drug-likeness (QED) is 0.913. The van der Waals surface area contributed by atoms with E-state index in [-0.39, 0.29) is 16.5 Å². The van der Waals surface area contributed by atoms with Gasteiger partial charge < -0.3 is 5.11 Å². The predicted octanol–water partition coefficient (Wildman–Crippen LogP) is 1.75. The minimum absolute atomic E-state index is 0.0819. The Hall–Kier alpha value is -1.60. The van der Waals surface area contributed by atoms with Crippen molar-refractivity contribution in [1.82, 2.24) is 19.7 Å². The van der Waals surface area contributed by atoms with E-state index in [2.05, 4.69) is 15.1 Å².